The van der Waals surface area contributed by atoms with Crippen molar-refractivity contribution in [3.05, 3.63) is 65.7 Å². The molecule has 0 heterocycles. The number of likely N-dealkylation sites (N-methyl/N-ethyl adjacent to an activating group) is 2. The highest BCUT2D eigenvalue weighted by Crippen LogP contribution is 2.14. The van der Waals surface area contributed by atoms with E-state index in [1.165, 1.54) is 44.3 Å². The highest BCUT2D eigenvalue weighted by Gasteiger charge is 2.34. The van der Waals surface area contributed by atoms with Gasteiger partial charge >= 0.3 is 0 Å². The van der Waals surface area contributed by atoms with Crippen molar-refractivity contribution < 1.29 is 28.8 Å². The zero-order valence-electron chi connectivity index (χ0n) is 27.6. The molecule has 2 rings (SSSR count). The number of phenolic OH excluding ortho intramolecular Hbond substituents is 1. The number of aromatic hydroxyl groups is 1. The highest BCUT2D eigenvalue weighted by atomic mass is 32.2. The summed E-state index contributed by atoms with van der Waals surface area (Å²) in [4.78, 5) is 55.5. The zero-order valence-corrected chi connectivity index (χ0v) is 28.4. The largest absolute Gasteiger partial charge is 0.617 e. The van der Waals surface area contributed by atoms with Crippen molar-refractivity contribution in [2.75, 3.05) is 32.6 Å². The summed E-state index contributed by atoms with van der Waals surface area (Å²) in [6, 6.07) is 11.4. The van der Waals surface area contributed by atoms with Crippen molar-refractivity contribution in [1.82, 2.24) is 26.2 Å². The molecule has 8 N–H and O–H groups in total. The lowest BCUT2D eigenvalue weighted by Crippen LogP contribution is -2.59. The summed E-state index contributed by atoms with van der Waals surface area (Å²) in [6.45, 7) is 1.94. The molecule has 13 nitrogen and oxygen atoms in total. The van der Waals surface area contributed by atoms with Crippen LogP contribution in [0.15, 0.2) is 54.6 Å². The summed E-state index contributed by atoms with van der Waals surface area (Å²) in [7, 11) is 3.02. The van der Waals surface area contributed by atoms with Crippen LogP contribution in [0.4, 0.5) is 0 Å². The van der Waals surface area contributed by atoms with Gasteiger partial charge in [0, 0.05) is 33.4 Å². The first kappa shape index (κ1) is 39.0. The Morgan fingerprint density at radius 1 is 0.872 bits per heavy atom. The molecule has 0 radical (unpaired) electrons. The van der Waals surface area contributed by atoms with Gasteiger partial charge in [-0.15, -0.1) is 0 Å². The maximum absolute atomic E-state index is 14.0. The molecule has 4 amide bonds. The predicted octanol–water partition coefficient (Wildman–Crippen LogP) is 0.573. The van der Waals surface area contributed by atoms with E-state index in [1.807, 2.05) is 30.3 Å². The molecule has 0 fully saturated rings. The highest BCUT2D eigenvalue weighted by molar-refractivity contribution is 7.90. The first-order valence-corrected chi connectivity index (χ1v) is 17.3. The Morgan fingerprint density at radius 2 is 1.45 bits per heavy atom. The van der Waals surface area contributed by atoms with Crippen molar-refractivity contribution in [1.29, 1.82) is 5.41 Å². The second kappa shape index (κ2) is 20.2. The van der Waals surface area contributed by atoms with Crippen molar-refractivity contribution in [3.8, 4) is 5.75 Å². The van der Waals surface area contributed by atoms with Crippen LogP contribution < -0.4 is 27.0 Å². The van der Waals surface area contributed by atoms with E-state index in [0.29, 0.717) is 31.4 Å². The molecule has 1 unspecified atom stereocenters. The van der Waals surface area contributed by atoms with Crippen molar-refractivity contribution >= 4 is 40.6 Å². The SMILES string of the molecule is CNC(=O)[C@H](CCCCN)N(C)C(=O)[C@H](Cc1ccccc1)NC(=O)[C@@H](CC[S+](C)[O-])NC(=O)[C@H](Cc1ccc(O)cc1)NC(C)=N. The smallest absolute Gasteiger partial charge is 0.245 e. The number of nitrogens with zero attached hydrogens (tertiary/aromatic N) is 1. The number of benzene rings is 2. The molecule has 2 aromatic rings. The third kappa shape index (κ3) is 13.6. The maximum Gasteiger partial charge on any atom is 0.245 e. The van der Waals surface area contributed by atoms with E-state index >= 15 is 0 Å². The number of nitrogens with two attached hydrogens (primary N) is 1. The lowest BCUT2D eigenvalue weighted by Gasteiger charge is -2.31. The molecular weight excluding hydrogens is 622 g/mol. The van der Waals surface area contributed by atoms with Gasteiger partial charge in [0.25, 0.3) is 0 Å². The minimum Gasteiger partial charge on any atom is -0.617 e. The molecule has 0 aliphatic heterocycles. The quantitative estimate of drug-likeness (QED) is 0.0484. The molecule has 0 aliphatic rings. The number of amides is 4. The van der Waals surface area contributed by atoms with Gasteiger partial charge in [0.15, 0.2) is 0 Å². The number of hydrogen-bond donors (Lipinski definition) is 7. The maximum atomic E-state index is 14.0. The fourth-order valence-corrected chi connectivity index (χ4v) is 5.60. The molecule has 5 atom stereocenters. The standard InChI is InChI=1S/C33H49N7O6S/c1-22(35)37-27(20-24-13-15-25(41)16-14-24)31(43)38-26(17-19-47(4)46)30(42)39-28(21-23-10-6-5-7-11-23)33(45)40(3)29(32(44)36-2)12-8-9-18-34/h5-7,10-11,13-16,26-29,41H,8-9,12,17-21,34H2,1-4H3,(H2,35,37)(H,36,44)(H,38,43)(H,39,42)/t26-,27+,28+,29+,47?/m1/s1. The molecule has 0 spiro atoms. The van der Waals surface area contributed by atoms with Crippen LogP contribution in [0.25, 0.3) is 0 Å². The van der Waals surface area contributed by atoms with Crippen LogP contribution in [0, 0.1) is 5.41 Å². The van der Waals surface area contributed by atoms with Gasteiger partial charge < -0.3 is 41.6 Å². The van der Waals surface area contributed by atoms with E-state index in [0.717, 1.165) is 5.56 Å². The molecule has 0 saturated carbocycles. The molecular formula is C33H49N7O6S. The lowest BCUT2D eigenvalue weighted by molar-refractivity contribution is -0.142. The van der Waals surface area contributed by atoms with Crippen molar-refractivity contribution in [2.45, 2.75) is 69.6 Å². The van der Waals surface area contributed by atoms with Crippen LogP contribution in [-0.2, 0) is 43.2 Å². The van der Waals surface area contributed by atoms with Gasteiger partial charge in [0.05, 0.1) is 12.1 Å². The summed E-state index contributed by atoms with van der Waals surface area (Å²) in [5, 5.41) is 28.5. The molecule has 0 aromatic heterocycles. The number of carbonyl (C=O) groups is 4. The predicted molar refractivity (Wildman–Crippen MR) is 183 cm³/mol. The molecule has 0 saturated heterocycles. The number of amidine groups is 1. The number of phenols is 1. The second-order valence-electron chi connectivity index (χ2n) is 11.4. The topological polar surface area (TPSA) is 213 Å². The molecule has 14 heteroatoms. The summed E-state index contributed by atoms with van der Waals surface area (Å²) < 4.78 is 12.0. The Hall–Kier alpha value is -4.14. The molecule has 258 valence electrons. The Labute approximate surface area is 280 Å². The van der Waals surface area contributed by atoms with E-state index in [2.05, 4.69) is 21.3 Å². The second-order valence-corrected chi connectivity index (χ2v) is 13.0. The van der Waals surface area contributed by atoms with Crippen LogP contribution in [0.3, 0.4) is 0 Å². The number of rotatable bonds is 19. The Balaban J connectivity index is 2.36. The summed E-state index contributed by atoms with van der Waals surface area (Å²) >= 11 is -1.28. The van der Waals surface area contributed by atoms with Crippen LogP contribution in [0.5, 0.6) is 5.75 Å². The fourth-order valence-electron chi connectivity index (χ4n) is 5.03. The zero-order chi connectivity index (χ0) is 34.9. The Bertz CT molecular complexity index is 1310. The molecule has 0 bridgehead atoms. The number of hydrogen-bond acceptors (Lipinski definition) is 8. The summed E-state index contributed by atoms with van der Waals surface area (Å²) in [5.41, 5.74) is 7.12. The molecule has 0 aliphatic carbocycles. The fraction of sp³-hybridized carbons (Fsp3) is 0.485. The minimum atomic E-state index is -1.28. The van der Waals surface area contributed by atoms with E-state index in [-0.39, 0.29) is 42.5 Å². The third-order valence-electron chi connectivity index (χ3n) is 7.60. The van der Waals surface area contributed by atoms with Crippen LogP contribution in [-0.4, -0.2) is 101 Å². The summed E-state index contributed by atoms with van der Waals surface area (Å²) in [6.07, 6.45) is 3.48. The van der Waals surface area contributed by atoms with Crippen LogP contribution in [0.1, 0.15) is 43.7 Å². The lowest BCUT2D eigenvalue weighted by atomic mass is 10.0. The van der Waals surface area contributed by atoms with E-state index in [9.17, 15) is 28.8 Å². The first-order chi connectivity index (χ1) is 22.4. The first-order valence-electron chi connectivity index (χ1n) is 15.6. The Morgan fingerprint density at radius 3 is 2.02 bits per heavy atom. The van der Waals surface area contributed by atoms with E-state index in [1.54, 1.807) is 12.1 Å². The van der Waals surface area contributed by atoms with Gasteiger partial charge in [0.1, 0.15) is 35.7 Å². The average molecular weight is 672 g/mol. The molecule has 2 aromatic carbocycles. The van der Waals surface area contributed by atoms with Crippen molar-refractivity contribution in [3.63, 3.8) is 0 Å². The van der Waals surface area contributed by atoms with Gasteiger partial charge in [-0.2, -0.15) is 0 Å². The molecule has 47 heavy (non-hydrogen) atoms. The number of carbonyl (C=O) groups excluding carboxylic acids is 4. The van der Waals surface area contributed by atoms with Crippen LogP contribution >= 0.6 is 0 Å². The average Bonchev–Trinajstić information content (AvgIpc) is 3.04. The number of nitrogens with one attached hydrogen (secondary N) is 5. The van der Waals surface area contributed by atoms with E-state index in [4.69, 9.17) is 11.1 Å². The van der Waals surface area contributed by atoms with Gasteiger partial charge in [-0.1, -0.05) is 53.6 Å². The van der Waals surface area contributed by atoms with Crippen LogP contribution in [0.2, 0.25) is 0 Å². The normalized spacial score (nSPS) is 14.1. The van der Waals surface area contributed by atoms with Gasteiger partial charge in [0.2, 0.25) is 23.6 Å². The minimum absolute atomic E-state index is 0.0260. The third-order valence-corrected chi connectivity index (χ3v) is 8.41. The van der Waals surface area contributed by atoms with E-state index < -0.39 is 53.1 Å². The Kier molecular flexibility index (Phi) is 16.8. The van der Waals surface area contributed by atoms with Gasteiger partial charge in [-0.25, -0.2) is 0 Å². The van der Waals surface area contributed by atoms with Crippen molar-refractivity contribution in [2.24, 2.45) is 5.73 Å². The van der Waals surface area contributed by atoms with Gasteiger partial charge in [-0.05, 0) is 56.0 Å². The summed E-state index contributed by atoms with van der Waals surface area (Å²) in [5.74, 6) is -1.85. The number of unbranched alkanes of at least 4 members (excludes halogenated alkanes) is 1. The van der Waals surface area contributed by atoms with Gasteiger partial charge in [-0.3, -0.25) is 24.6 Å². The monoisotopic (exact) mass is 671 g/mol.